The van der Waals surface area contributed by atoms with E-state index in [9.17, 15) is 8.42 Å². The van der Waals surface area contributed by atoms with E-state index in [1.807, 2.05) is 78.9 Å². The Morgan fingerprint density at radius 3 is 2.00 bits per heavy atom. The maximum atomic E-state index is 12.7. The number of benzene rings is 3. The second kappa shape index (κ2) is 6.30. The van der Waals surface area contributed by atoms with E-state index in [1.165, 1.54) is 0 Å². The second-order valence-corrected chi connectivity index (χ2v) is 8.20. The minimum absolute atomic E-state index is 0.0245. The predicted molar refractivity (Wildman–Crippen MR) is 102 cm³/mol. The van der Waals surface area contributed by atoms with E-state index in [0.29, 0.717) is 5.69 Å². The molecule has 0 saturated heterocycles. The Morgan fingerprint density at radius 1 is 0.640 bits per heavy atom. The zero-order valence-electron chi connectivity index (χ0n) is 13.6. The molecule has 3 nitrogen and oxygen atoms in total. The van der Waals surface area contributed by atoms with Gasteiger partial charge < -0.3 is 0 Å². The van der Waals surface area contributed by atoms with Crippen molar-refractivity contribution in [3.63, 3.8) is 0 Å². The number of hydrogen-bond acceptors (Lipinski definition) is 3. The minimum Gasteiger partial charge on any atom is -0.251 e. The van der Waals surface area contributed by atoms with E-state index < -0.39 is 9.84 Å². The molecule has 124 valence electrons. The third-order valence-corrected chi connectivity index (χ3v) is 5.76. The molecule has 0 spiro atoms. The Morgan fingerprint density at radius 2 is 1.24 bits per heavy atom. The first kappa shape index (κ1) is 15.8. The van der Waals surface area contributed by atoms with E-state index in [2.05, 4.69) is 4.98 Å². The van der Waals surface area contributed by atoms with Crippen LogP contribution >= 0.6 is 0 Å². The highest BCUT2D eigenvalue weighted by Crippen LogP contribution is 2.27. The largest absolute Gasteiger partial charge is 0.251 e. The highest BCUT2D eigenvalue weighted by atomic mass is 32.2. The van der Waals surface area contributed by atoms with Gasteiger partial charge in [0, 0.05) is 10.8 Å². The fraction of sp³-hybridized carbons (Fsp3) is 0.0952. The van der Waals surface area contributed by atoms with Gasteiger partial charge in [-0.2, -0.15) is 0 Å². The highest BCUT2D eigenvalue weighted by molar-refractivity contribution is 7.89. The molecule has 0 unspecified atom stereocenters. The van der Waals surface area contributed by atoms with E-state index in [4.69, 9.17) is 0 Å². The first-order valence-corrected chi connectivity index (χ1v) is 9.95. The molecular formula is C21H17NO2S. The van der Waals surface area contributed by atoms with E-state index in [1.54, 1.807) is 0 Å². The van der Waals surface area contributed by atoms with E-state index in [-0.39, 0.29) is 11.5 Å². The van der Waals surface area contributed by atoms with Crippen molar-refractivity contribution in [2.75, 3.05) is 0 Å². The second-order valence-electron chi connectivity index (χ2n) is 6.14. The molecule has 3 aromatic carbocycles. The Hall–Kier alpha value is -2.72. The average Bonchev–Trinajstić information content (AvgIpc) is 2.62. The summed E-state index contributed by atoms with van der Waals surface area (Å²) >= 11 is 0. The van der Waals surface area contributed by atoms with Gasteiger partial charge in [0.15, 0.2) is 9.84 Å². The molecule has 1 aromatic heterocycles. The van der Waals surface area contributed by atoms with Gasteiger partial charge in [-0.25, -0.2) is 8.42 Å². The van der Waals surface area contributed by atoms with Gasteiger partial charge in [0.05, 0.1) is 22.7 Å². The molecule has 0 radical (unpaired) electrons. The van der Waals surface area contributed by atoms with Crippen LogP contribution in [0.5, 0.6) is 0 Å². The molecule has 0 bridgehead atoms. The molecule has 0 aliphatic carbocycles. The van der Waals surface area contributed by atoms with Crippen molar-refractivity contribution in [1.82, 2.24) is 4.98 Å². The average molecular weight is 347 g/mol. The van der Waals surface area contributed by atoms with Crippen LogP contribution in [0.3, 0.4) is 0 Å². The number of pyridine rings is 1. The summed E-state index contributed by atoms with van der Waals surface area (Å²) in [5.74, 6) is -0.0378. The summed E-state index contributed by atoms with van der Waals surface area (Å²) in [6, 6.07) is 25.0. The third-order valence-electron chi connectivity index (χ3n) is 4.27. The van der Waals surface area contributed by atoms with Gasteiger partial charge in [0.25, 0.3) is 0 Å². The molecule has 0 amide bonds. The van der Waals surface area contributed by atoms with Gasteiger partial charge in [-0.1, -0.05) is 72.8 Å². The number of aromatic nitrogens is 1. The van der Waals surface area contributed by atoms with Crippen LogP contribution in [-0.2, 0) is 21.3 Å². The Bertz CT molecular complexity index is 1150. The van der Waals surface area contributed by atoms with Crippen molar-refractivity contribution < 1.29 is 8.42 Å². The zero-order valence-corrected chi connectivity index (χ0v) is 14.4. The standard InChI is InChI=1S/C21H17NO2S/c23-25(24,14-16-8-2-1-3-9-16)15-21-19-12-5-4-10-17(19)18-11-6-7-13-20(18)22-21/h1-13H,14-15H2. The van der Waals surface area contributed by atoms with Crippen LogP contribution in [0.25, 0.3) is 21.7 Å². The van der Waals surface area contributed by atoms with Crippen LogP contribution in [0.15, 0.2) is 78.9 Å². The lowest BCUT2D eigenvalue weighted by Gasteiger charge is -2.10. The molecule has 4 rings (SSSR count). The number of fused-ring (bicyclic) bond motifs is 3. The molecule has 4 heteroatoms. The van der Waals surface area contributed by atoms with Crippen molar-refractivity contribution in [3.05, 3.63) is 90.1 Å². The van der Waals surface area contributed by atoms with Gasteiger partial charge in [-0.05, 0) is 17.0 Å². The SMILES string of the molecule is O=S(=O)(Cc1ccccc1)Cc1nc2ccccc2c2ccccc12. The molecule has 4 aromatic rings. The smallest absolute Gasteiger partial charge is 0.160 e. The monoisotopic (exact) mass is 347 g/mol. The van der Waals surface area contributed by atoms with Crippen LogP contribution in [-0.4, -0.2) is 13.4 Å². The molecule has 25 heavy (non-hydrogen) atoms. The quantitative estimate of drug-likeness (QED) is 0.511. The van der Waals surface area contributed by atoms with Gasteiger partial charge in [0.2, 0.25) is 0 Å². The first-order chi connectivity index (χ1) is 12.1. The molecule has 0 aliphatic heterocycles. The summed E-state index contributed by atoms with van der Waals surface area (Å²) in [7, 11) is -3.31. The molecule has 1 heterocycles. The normalized spacial score (nSPS) is 11.8. The third kappa shape index (κ3) is 3.26. The number of nitrogens with zero attached hydrogens (tertiary/aromatic N) is 1. The molecule has 0 saturated carbocycles. The lowest BCUT2D eigenvalue weighted by atomic mass is 10.0. The molecule has 0 fully saturated rings. The summed E-state index contributed by atoms with van der Waals surface area (Å²) in [6.45, 7) is 0. The lowest BCUT2D eigenvalue weighted by Crippen LogP contribution is -2.09. The van der Waals surface area contributed by atoms with Gasteiger partial charge in [0.1, 0.15) is 0 Å². The van der Waals surface area contributed by atoms with E-state index in [0.717, 1.165) is 27.2 Å². The lowest BCUT2D eigenvalue weighted by molar-refractivity contribution is 0.594. The summed E-state index contributed by atoms with van der Waals surface area (Å²) in [5, 5.41) is 2.98. The fourth-order valence-electron chi connectivity index (χ4n) is 3.17. The van der Waals surface area contributed by atoms with Crippen molar-refractivity contribution in [3.8, 4) is 0 Å². The molecule has 0 N–H and O–H groups in total. The maximum Gasteiger partial charge on any atom is 0.160 e. The predicted octanol–water partition coefficient (Wildman–Crippen LogP) is 4.50. The van der Waals surface area contributed by atoms with Crippen molar-refractivity contribution in [2.24, 2.45) is 0 Å². The summed E-state index contributed by atoms with van der Waals surface area (Å²) < 4.78 is 25.4. The van der Waals surface area contributed by atoms with Crippen LogP contribution in [0, 0.1) is 0 Å². The van der Waals surface area contributed by atoms with E-state index >= 15 is 0 Å². The van der Waals surface area contributed by atoms with Crippen LogP contribution in [0.1, 0.15) is 11.3 Å². The molecular weight excluding hydrogens is 330 g/mol. The van der Waals surface area contributed by atoms with Crippen LogP contribution < -0.4 is 0 Å². The number of para-hydroxylation sites is 1. The summed E-state index contributed by atoms with van der Waals surface area (Å²) in [6.07, 6.45) is 0. The van der Waals surface area contributed by atoms with Gasteiger partial charge in [-0.15, -0.1) is 0 Å². The number of sulfone groups is 1. The first-order valence-electron chi connectivity index (χ1n) is 8.13. The minimum atomic E-state index is -3.31. The Labute approximate surface area is 146 Å². The highest BCUT2D eigenvalue weighted by Gasteiger charge is 2.17. The molecule has 0 atom stereocenters. The van der Waals surface area contributed by atoms with Crippen LogP contribution in [0.2, 0.25) is 0 Å². The van der Waals surface area contributed by atoms with Crippen molar-refractivity contribution in [2.45, 2.75) is 11.5 Å². The van der Waals surface area contributed by atoms with Gasteiger partial charge >= 0.3 is 0 Å². The zero-order chi connectivity index (χ0) is 17.3. The Balaban J connectivity index is 1.80. The topological polar surface area (TPSA) is 47.0 Å². The Kier molecular flexibility index (Phi) is 3.98. The maximum absolute atomic E-state index is 12.7. The van der Waals surface area contributed by atoms with Crippen LogP contribution in [0.4, 0.5) is 0 Å². The summed E-state index contributed by atoms with van der Waals surface area (Å²) in [5.41, 5.74) is 2.24. The van der Waals surface area contributed by atoms with Gasteiger partial charge in [-0.3, -0.25) is 4.98 Å². The number of rotatable bonds is 4. The summed E-state index contributed by atoms with van der Waals surface area (Å²) in [4.78, 5) is 4.65. The van der Waals surface area contributed by atoms with Crippen molar-refractivity contribution >= 4 is 31.5 Å². The number of hydrogen-bond donors (Lipinski definition) is 0. The molecule has 0 aliphatic rings. The fourth-order valence-corrected chi connectivity index (χ4v) is 4.61. The van der Waals surface area contributed by atoms with Crippen molar-refractivity contribution in [1.29, 1.82) is 0 Å².